The molecule has 3 heteroatoms. The lowest BCUT2D eigenvalue weighted by molar-refractivity contribution is -0.124. The van der Waals surface area contributed by atoms with Crippen LogP contribution in [0.3, 0.4) is 0 Å². The molecule has 0 saturated carbocycles. The summed E-state index contributed by atoms with van der Waals surface area (Å²) in [4.78, 5) is 10.8. The minimum atomic E-state index is -0.0128. The topological polar surface area (TPSA) is 41.1 Å². The molecule has 0 aromatic rings. The van der Waals surface area contributed by atoms with E-state index in [0.29, 0.717) is 0 Å². The molecule has 1 rings (SSSR count). The zero-order valence-electron chi connectivity index (χ0n) is 5.77. The summed E-state index contributed by atoms with van der Waals surface area (Å²) in [5.41, 5.74) is 0. The van der Waals surface area contributed by atoms with Crippen molar-refractivity contribution in [2.24, 2.45) is 0 Å². The Balaban J connectivity index is 2.44. The Labute approximate surface area is 54.8 Å². The zero-order valence-corrected chi connectivity index (χ0v) is 5.77. The number of hydrogen-bond donors (Lipinski definition) is 2. The molecule has 2 N–H and O–H groups in total. The molecule has 1 fully saturated rings. The van der Waals surface area contributed by atoms with Gasteiger partial charge < -0.3 is 10.6 Å². The molecular weight excluding hydrogens is 116 g/mol. The fraction of sp³-hybridized carbons (Fsp3) is 0.833. The number of carbonyl (C=O) groups excluding carboxylic acids is 1. The Hall–Kier alpha value is -0.570. The number of rotatable bonds is 0. The van der Waals surface area contributed by atoms with Gasteiger partial charge in [-0.2, -0.15) is 0 Å². The van der Waals surface area contributed by atoms with Crippen molar-refractivity contribution in [3.05, 3.63) is 0 Å². The molecule has 1 heterocycles. The molecule has 0 radical (unpaired) electrons. The average Bonchev–Trinajstić information content (AvgIpc) is 1.80. The predicted octanol–water partition coefficient (Wildman–Crippen LogP) is -0.517. The first-order chi connectivity index (χ1) is 4.20. The fourth-order valence-corrected chi connectivity index (χ4v) is 0.865. The summed E-state index contributed by atoms with van der Waals surface area (Å²) in [7, 11) is 0. The molecule has 52 valence electrons. The highest BCUT2D eigenvalue weighted by atomic mass is 16.2. The lowest BCUT2D eigenvalue weighted by Crippen LogP contribution is -2.55. The molecule has 9 heavy (non-hydrogen) atoms. The molecule has 1 aliphatic rings. The molecule has 0 spiro atoms. The molecule has 0 bridgehead atoms. The van der Waals surface area contributed by atoms with Gasteiger partial charge in [-0.1, -0.05) is 0 Å². The average molecular weight is 128 g/mol. The normalized spacial score (nSPS) is 36.0. The van der Waals surface area contributed by atoms with Crippen molar-refractivity contribution < 1.29 is 4.79 Å². The van der Waals surface area contributed by atoms with Crippen molar-refractivity contribution in [3.63, 3.8) is 0 Å². The van der Waals surface area contributed by atoms with Crippen LogP contribution in [0.15, 0.2) is 0 Å². The fourth-order valence-electron chi connectivity index (χ4n) is 0.865. The lowest BCUT2D eigenvalue weighted by Gasteiger charge is -2.25. The summed E-state index contributed by atoms with van der Waals surface area (Å²) in [5.74, 6) is 0.105. The van der Waals surface area contributed by atoms with Crippen LogP contribution >= 0.6 is 0 Å². The third-order valence-corrected chi connectivity index (χ3v) is 1.51. The van der Waals surface area contributed by atoms with Crippen LogP contribution in [-0.2, 0) is 4.79 Å². The van der Waals surface area contributed by atoms with E-state index in [-0.39, 0.29) is 18.0 Å². The van der Waals surface area contributed by atoms with Gasteiger partial charge in [0.1, 0.15) is 0 Å². The molecule has 1 unspecified atom stereocenters. The summed E-state index contributed by atoms with van der Waals surface area (Å²) < 4.78 is 0. The van der Waals surface area contributed by atoms with Crippen molar-refractivity contribution in [1.82, 2.24) is 10.6 Å². The van der Waals surface area contributed by atoms with Crippen molar-refractivity contribution in [2.45, 2.75) is 25.9 Å². The molecular formula is C6H12N2O. The zero-order chi connectivity index (χ0) is 6.85. The van der Waals surface area contributed by atoms with E-state index in [1.165, 1.54) is 0 Å². The molecule has 0 aromatic carbocycles. The van der Waals surface area contributed by atoms with Crippen LogP contribution in [0.1, 0.15) is 13.8 Å². The van der Waals surface area contributed by atoms with Gasteiger partial charge in [-0.05, 0) is 13.8 Å². The second kappa shape index (κ2) is 2.35. The maximum absolute atomic E-state index is 10.8. The van der Waals surface area contributed by atoms with E-state index >= 15 is 0 Å². The number of carbonyl (C=O) groups is 1. The number of amides is 1. The van der Waals surface area contributed by atoms with Gasteiger partial charge in [0.05, 0.1) is 6.04 Å². The van der Waals surface area contributed by atoms with Gasteiger partial charge in [0, 0.05) is 12.6 Å². The standard InChI is InChI=1S/C6H12N2O/c1-4-3-7-5(2)6(9)8-4/h4-5,7H,3H2,1-2H3,(H,8,9)/t4?,5-/m0/s1. The first-order valence-electron chi connectivity index (χ1n) is 3.24. The monoisotopic (exact) mass is 128 g/mol. The summed E-state index contributed by atoms with van der Waals surface area (Å²) in [6.07, 6.45) is 0. The van der Waals surface area contributed by atoms with Crippen molar-refractivity contribution >= 4 is 5.91 Å². The second-order valence-corrected chi connectivity index (χ2v) is 2.54. The van der Waals surface area contributed by atoms with Gasteiger partial charge in [0.25, 0.3) is 0 Å². The van der Waals surface area contributed by atoms with Gasteiger partial charge in [-0.25, -0.2) is 0 Å². The van der Waals surface area contributed by atoms with Crippen LogP contribution in [0.2, 0.25) is 0 Å². The largest absolute Gasteiger partial charge is 0.351 e. The quantitative estimate of drug-likeness (QED) is 0.461. The Morgan fingerprint density at radius 1 is 1.56 bits per heavy atom. The van der Waals surface area contributed by atoms with Crippen molar-refractivity contribution in [3.8, 4) is 0 Å². The van der Waals surface area contributed by atoms with E-state index < -0.39 is 0 Å². The van der Waals surface area contributed by atoms with E-state index in [4.69, 9.17) is 0 Å². The van der Waals surface area contributed by atoms with Gasteiger partial charge in [-0.15, -0.1) is 0 Å². The molecule has 1 aliphatic heterocycles. The minimum absolute atomic E-state index is 0.0128. The summed E-state index contributed by atoms with van der Waals surface area (Å²) in [5, 5.41) is 5.90. The number of nitrogens with one attached hydrogen (secondary N) is 2. The summed E-state index contributed by atoms with van der Waals surface area (Å²) in [6, 6.07) is 0.273. The predicted molar refractivity (Wildman–Crippen MR) is 35.1 cm³/mol. The number of hydrogen-bond acceptors (Lipinski definition) is 2. The van der Waals surface area contributed by atoms with Gasteiger partial charge in [0.2, 0.25) is 5.91 Å². The Morgan fingerprint density at radius 2 is 2.22 bits per heavy atom. The molecule has 2 atom stereocenters. The maximum Gasteiger partial charge on any atom is 0.237 e. The highest BCUT2D eigenvalue weighted by Gasteiger charge is 2.19. The highest BCUT2D eigenvalue weighted by Crippen LogP contribution is 1.91. The van der Waals surface area contributed by atoms with Crippen LogP contribution < -0.4 is 10.6 Å². The molecule has 0 aromatic heterocycles. The molecule has 1 amide bonds. The highest BCUT2D eigenvalue weighted by molar-refractivity contribution is 5.82. The van der Waals surface area contributed by atoms with E-state index in [9.17, 15) is 4.79 Å². The summed E-state index contributed by atoms with van der Waals surface area (Å²) >= 11 is 0. The second-order valence-electron chi connectivity index (χ2n) is 2.54. The van der Waals surface area contributed by atoms with Crippen LogP contribution in [0.25, 0.3) is 0 Å². The van der Waals surface area contributed by atoms with Crippen molar-refractivity contribution in [1.29, 1.82) is 0 Å². The first-order valence-corrected chi connectivity index (χ1v) is 3.24. The van der Waals surface area contributed by atoms with Crippen LogP contribution in [-0.4, -0.2) is 24.5 Å². The third-order valence-electron chi connectivity index (χ3n) is 1.51. The summed E-state index contributed by atoms with van der Waals surface area (Å²) in [6.45, 7) is 4.73. The van der Waals surface area contributed by atoms with Crippen LogP contribution in [0.4, 0.5) is 0 Å². The van der Waals surface area contributed by atoms with E-state index in [1.54, 1.807) is 0 Å². The Kier molecular flexibility index (Phi) is 1.71. The lowest BCUT2D eigenvalue weighted by atomic mass is 10.2. The van der Waals surface area contributed by atoms with Crippen LogP contribution in [0, 0.1) is 0 Å². The molecule has 1 saturated heterocycles. The number of piperazine rings is 1. The molecule has 0 aliphatic carbocycles. The smallest absolute Gasteiger partial charge is 0.237 e. The first kappa shape index (κ1) is 6.55. The Bertz CT molecular complexity index is 124. The van der Waals surface area contributed by atoms with Gasteiger partial charge >= 0.3 is 0 Å². The maximum atomic E-state index is 10.8. The van der Waals surface area contributed by atoms with E-state index in [2.05, 4.69) is 10.6 Å². The van der Waals surface area contributed by atoms with E-state index in [0.717, 1.165) is 6.54 Å². The van der Waals surface area contributed by atoms with Crippen LogP contribution in [0.5, 0.6) is 0 Å². The minimum Gasteiger partial charge on any atom is -0.351 e. The molecule has 3 nitrogen and oxygen atoms in total. The Morgan fingerprint density at radius 3 is 2.67 bits per heavy atom. The third kappa shape index (κ3) is 1.42. The van der Waals surface area contributed by atoms with Crippen molar-refractivity contribution in [2.75, 3.05) is 6.54 Å². The van der Waals surface area contributed by atoms with E-state index in [1.807, 2.05) is 13.8 Å². The van der Waals surface area contributed by atoms with Gasteiger partial charge in [0.15, 0.2) is 0 Å². The SMILES string of the molecule is CC1CN[C@@H](C)C(=O)N1. The van der Waals surface area contributed by atoms with Gasteiger partial charge in [-0.3, -0.25) is 4.79 Å².